The maximum Gasteiger partial charge on any atom is 0.291 e. The normalized spacial score (nSPS) is 10.8. The van der Waals surface area contributed by atoms with Crippen LogP contribution in [0.15, 0.2) is 53.1 Å². The number of benzene rings is 1. The summed E-state index contributed by atoms with van der Waals surface area (Å²) >= 11 is 8.47. The third-order valence-electron chi connectivity index (χ3n) is 3.38. The Hall–Kier alpha value is -2.68. The van der Waals surface area contributed by atoms with Gasteiger partial charge in [0, 0.05) is 5.02 Å². The lowest BCUT2D eigenvalue weighted by Crippen LogP contribution is -2.10. The average Bonchev–Trinajstić information content (AvgIpc) is 3.34. The van der Waals surface area contributed by atoms with Crippen molar-refractivity contribution in [3.8, 4) is 0 Å². The smallest absolute Gasteiger partial charge is 0.291 e. The first kappa shape index (κ1) is 16.8. The quantitative estimate of drug-likeness (QED) is 0.496. The van der Waals surface area contributed by atoms with Crippen molar-refractivity contribution in [3.05, 3.63) is 64.4 Å². The van der Waals surface area contributed by atoms with Crippen molar-refractivity contribution < 1.29 is 14.0 Å². The van der Waals surface area contributed by atoms with Gasteiger partial charge >= 0.3 is 0 Å². The van der Waals surface area contributed by atoms with Crippen LogP contribution in [0.25, 0.3) is 10.2 Å². The summed E-state index contributed by atoms with van der Waals surface area (Å²) < 4.78 is 5.93. The molecule has 130 valence electrons. The molecule has 0 aliphatic carbocycles. The first-order valence-corrected chi connectivity index (χ1v) is 9.42. The Balaban J connectivity index is 1.46. The van der Waals surface area contributed by atoms with Crippen LogP contribution in [0.5, 0.6) is 0 Å². The number of furan rings is 1. The summed E-state index contributed by atoms with van der Waals surface area (Å²) in [6.45, 7) is 0. The van der Waals surface area contributed by atoms with Gasteiger partial charge in [-0.05, 0) is 42.5 Å². The van der Waals surface area contributed by atoms with Crippen molar-refractivity contribution >= 4 is 66.4 Å². The van der Waals surface area contributed by atoms with Crippen molar-refractivity contribution in [1.82, 2.24) is 4.98 Å². The number of hydrogen-bond acceptors (Lipinski definition) is 6. The number of fused-ring (bicyclic) bond motifs is 1. The van der Waals surface area contributed by atoms with Gasteiger partial charge in [-0.1, -0.05) is 22.9 Å². The second kappa shape index (κ2) is 6.91. The molecule has 4 rings (SSSR count). The minimum absolute atomic E-state index is 0.206. The molecule has 9 heteroatoms. The van der Waals surface area contributed by atoms with Crippen LogP contribution in [0.2, 0.25) is 5.02 Å². The lowest BCUT2D eigenvalue weighted by molar-refractivity contribution is 0.0995. The summed E-state index contributed by atoms with van der Waals surface area (Å²) in [4.78, 5) is 29.2. The SMILES string of the molecule is O=C(Nc1ccc(C(=O)Nc2nc3ccc(Cl)cc3s2)s1)c1ccco1. The summed E-state index contributed by atoms with van der Waals surface area (Å²) in [5, 5.41) is 7.11. The number of anilines is 2. The molecule has 0 saturated carbocycles. The molecule has 2 N–H and O–H groups in total. The molecule has 4 aromatic rings. The number of rotatable bonds is 4. The Kier molecular flexibility index (Phi) is 4.46. The standard InChI is InChI=1S/C17H10ClN3O3S2/c18-9-3-4-10-13(8-9)26-17(19-10)21-16(23)12-5-6-14(25-12)20-15(22)11-2-1-7-24-11/h1-8H,(H,20,22)(H,19,21,23). The Bertz CT molecular complexity index is 1100. The van der Waals surface area contributed by atoms with Crippen LogP contribution in [-0.4, -0.2) is 16.8 Å². The molecule has 3 heterocycles. The maximum absolute atomic E-state index is 12.4. The zero-order valence-electron chi connectivity index (χ0n) is 13.0. The molecule has 0 bridgehead atoms. The number of nitrogens with one attached hydrogen (secondary N) is 2. The topological polar surface area (TPSA) is 84.2 Å². The van der Waals surface area contributed by atoms with Gasteiger partial charge in [-0.25, -0.2) is 4.98 Å². The third kappa shape index (κ3) is 3.48. The number of carbonyl (C=O) groups excluding carboxylic acids is 2. The summed E-state index contributed by atoms with van der Waals surface area (Å²) in [5.74, 6) is -0.456. The Morgan fingerprint density at radius 1 is 1.04 bits per heavy atom. The summed E-state index contributed by atoms with van der Waals surface area (Å²) in [5.41, 5.74) is 0.771. The summed E-state index contributed by atoms with van der Waals surface area (Å²) in [6, 6.07) is 11.9. The fourth-order valence-corrected chi connectivity index (χ4v) is 4.15. The molecule has 0 aliphatic heterocycles. The van der Waals surface area contributed by atoms with Crippen molar-refractivity contribution in [2.24, 2.45) is 0 Å². The molecule has 0 aliphatic rings. The zero-order chi connectivity index (χ0) is 18.1. The summed E-state index contributed by atoms with van der Waals surface area (Å²) in [6.07, 6.45) is 1.42. The maximum atomic E-state index is 12.4. The van der Waals surface area contributed by atoms with E-state index in [0.717, 1.165) is 10.2 Å². The zero-order valence-corrected chi connectivity index (χ0v) is 15.4. The number of aromatic nitrogens is 1. The highest BCUT2D eigenvalue weighted by Gasteiger charge is 2.15. The van der Waals surface area contributed by atoms with Gasteiger partial charge < -0.3 is 9.73 Å². The van der Waals surface area contributed by atoms with Gasteiger partial charge in [-0.15, -0.1) is 11.3 Å². The lowest BCUT2D eigenvalue weighted by Gasteiger charge is -1.99. The van der Waals surface area contributed by atoms with Gasteiger partial charge in [0.1, 0.15) is 0 Å². The van der Waals surface area contributed by atoms with Gasteiger partial charge in [0.2, 0.25) is 0 Å². The van der Waals surface area contributed by atoms with Gasteiger partial charge in [0.05, 0.1) is 26.4 Å². The van der Waals surface area contributed by atoms with Crippen molar-refractivity contribution in [3.63, 3.8) is 0 Å². The molecular formula is C17H10ClN3O3S2. The van der Waals surface area contributed by atoms with Gasteiger partial charge in [-0.2, -0.15) is 0 Å². The summed E-state index contributed by atoms with van der Waals surface area (Å²) in [7, 11) is 0. The van der Waals surface area contributed by atoms with E-state index in [1.807, 2.05) is 0 Å². The van der Waals surface area contributed by atoms with E-state index < -0.39 is 0 Å². The van der Waals surface area contributed by atoms with Crippen LogP contribution >= 0.6 is 34.3 Å². The van der Waals surface area contributed by atoms with Crippen LogP contribution in [0, 0.1) is 0 Å². The third-order valence-corrected chi connectivity index (χ3v) is 5.55. The Labute approximate surface area is 160 Å². The predicted octanol–water partition coefficient (Wildman–Crippen LogP) is 5.11. The molecule has 0 spiro atoms. The number of carbonyl (C=O) groups is 2. The van der Waals surface area contributed by atoms with Gasteiger partial charge in [-0.3, -0.25) is 14.9 Å². The van der Waals surface area contributed by atoms with Crippen LogP contribution in [0.1, 0.15) is 20.2 Å². The van der Waals surface area contributed by atoms with Crippen LogP contribution in [0.4, 0.5) is 10.1 Å². The number of thiophene rings is 1. The van der Waals surface area contributed by atoms with E-state index >= 15 is 0 Å². The molecule has 3 aromatic heterocycles. The van der Waals surface area contributed by atoms with E-state index in [-0.39, 0.29) is 17.6 Å². The molecule has 6 nitrogen and oxygen atoms in total. The molecule has 0 fully saturated rings. The van der Waals surface area contributed by atoms with Gasteiger partial charge in [0.15, 0.2) is 10.9 Å². The molecule has 26 heavy (non-hydrogen) atoms. The highest BCUT2D eigenvalue weighted by molar-refractivity contribution is 7.22. The number of halogens is 1. The van der Waals surface area contributed by atoms with Crippen molar-refractivity contribution in [2.75, 3.05) is 10.6 Å². The highest BCUT2D eigenvalue weighted by Crippen LogP contribution is 2.29. The van der Waals surface area contributed by atoms with E-state index in [9.17, 15) is 9.59 Å². The molecule has 0 radical (unpaired) electrons. The second-order valence-electron chi connectivity index (χ2n) is 5.18. The minimum Gasteiger partial charge on any atom is -0.459 e. The predicted molar refractivity (Wildman–Crippen MR) is 104 cm³/mol. The average molecular weight is 404 g/mol. The van der Waals surface area contributed by atoms with E-state index in [2.05, 4.69) is 15.6 Å². The van der Waals surface area contributed by atoms with Crippen LogP contribution < -0.4 is 10.6 Å². The van der Waals surface area contributed by atoms with E-state index in [1.54, 1.807) is 42.5 Å². The first-order valence-electron chi connectivity index (χ1n) is 7.40. The number of amides is 2. The Morgan fingerprint density at radius 3 is 2.73 bits per heavy atom. The van der Waals surface area contributed by atoms with E-state index in [1.165, 1.54) is 28.9 Å². The number of nitrogens with zero attached hydrogens (tertiary/aromatic N) is 1. The van der Waals surface area contributed by atoms with Crippen LogP contribution in [0.3, 0.4) is 0 Å². The molecule has 1 aromatic carbocycles. The first-order chi connectivity index (χ1) is 12.6. The fraction of sp³-hybridized carbons (Fsp3) is 0. The number of thiazole rings is 1. The highest BCUT2D eigenvalue weighted by atomic mass is 35.5. The lowest BCUT2D eigenvalue weighted by atomic mass is 10.3. The second-order valence-corrected chi connectivity index (χ2v) is 7.73. The molecule has 2 amide bonds. The minimum atomic E-state index is -0.369. The molecule has 0 unspecified atom stereocenters. The fourth-order valence-electron chi connectivity index (χ4n) is 2.22. The van der Waals surface area contributed by atoms with Crippen molar-refractivity contribution in [2.45, 2.75) is 0 Å². The van der Waals surface area contributed by atoms with E-state index in [0.29, 0.717) is 20.0 Å². The molecule has 0 saturated heterocycles. The monoisotopic (exact) mass is 403 g/mol. The van der Waals surface area contributed by atoms with E-state index in [4.69, 9.17) is 16.0 Å². The Morgan fingerprint density at radius 2 is 1.92 bits per heavy atom. The van der Waals surface area contributed by atoms with Crippen LogP contribution in [-0.2, 0) is 0 Å². The molecule has 0 atom stereocenters. The van der Waals surface area contributed by atoms with Crippen molar-refractivity contribution in [1.29, 1.82) is 0 Å². The van der Waals surface area contributed by atoms with Gasteiger partial charge in [0.25, 0.3) is 11.8 Å². The number of hydrogen-bond donors (Lipinski definition) is 2. The largest absolute Gasteiger partial charge is 0.459 e. The molecular weight excluding hydrogens is 394 g/mol.